The molecule has 8 heteroatoms. The van der Waals surface area contributed by atoms with Crippen molar-refractivity contribution in [3.63, 3.8) is 0 Å². The van der Waals surface area contributed by atoms with E-state index in [0.717, 1.165) is 0 Å². The average molecular weight is 407 g/mol. The van der Waals surface area contributed by atoms with E-state index in [2.05, 4.69) is 10.6 Å². The van der Waals surface area contributed by atoms with Gasteiger partial charge in [0.25, 0.3) is 11.8 Å². The van der Waals surface area contributed by atoms with Gasteiger partial charge in [-0.1, -0.05) is 11.6 Å². The van der Waals surface area contributed by atoms with Crippen LogP contribution in [0.15, 0.2) is 42.5 Å². The lowest BCUT2D eigenvalue weighted by atomic mass is 10.2. The molecule has 28 heavy (non-hydrogen) atoms. The van der Waals surface area contributed by atoms with Gasteiger partial charge in [-0.15, -0.1) is 0 Å². The molecule has 7 nitrogen and oxygen atoms in total. The normalized spacial score (nSPS) is 11.3. The van der Waals surface area contributed by atoms with Crippen LogP contribution in [0.4, 0.5) is 0 Å². The fourth-order valence-electron chi connectivity index (χ4n) is 2.32. The van der Waals surface area contributed by atoms with Crippen LogP contribution in [0.5, 0.6) is 17.2 Å². The SMILES string of the molecule is COc1cc(OC)cc(C(=O)NCCNC(=O)C(C)Oc2ccc(Cl)cc2)c1. The van der Waals surface area contributed by atoms with Gasteiger partial charge in [-0.3, -0.25) is 9.59 Å². The van der Waals surface area contributed by atoms with Crippen molar-refractivity contribution in [2.45, 2.75) is 13.0 Å². The molecular weight excluding hydrogens is 384 g/mol. The summed E-state index contributed by atoms with van der Waals surface area (Å²) in [4.78, 5) is 24.3. The monoisotopic (exact) mass is 406 g/mol. The largest absolute Gasteiger partial charge is 0.497 e. The molecule has 0 aliphatic heterocycles. The third-order valence-electron chi connectivity index (χ3n) is 3.82. The van der Waals surface area contributed by atoms with E-state index in [-0.39, 0.29) is 24.9 Å². The Hall–Kier alpha value is -2.93. The van der Waals surface area contributed by atoms with Crippen LogP contribution in [-0.2, 0) is 4.79 Å². The molecule has 2 N–H and O–H groups in total. The molecule has 150 valence electrons. The summed E-state index contributed by atoms with van der Waals surface area (Å²) in [7, 11) is 3.03. The molecule has 2 aromatic carbocycles. The van der Waals surface area contributed by atoms with Crippen LogP contribution in [0.3, 0.4) is 0 Å². The zero-order valence-corrected chi connectivity index (χ0v) is 16.7. The Morgan fingerprint density at radius 2 is 1.50 bits per heavy atom. The summed E-state index contributed by atoms with van der Waals surface area (Å²) in [6.45, 7) is 2.17. The van der Waals surface area contributed by atoms with Crippen molar-refractivity contribution < 1.29 is 23.8 Å². The number of methoxy groups -OCH3 is 2. The smallest absolute Gasteiger partial charge is 0.260 e. The van der Waals surface area contributed by atoms with Gasteiger partial charge < -0.3 is 24.8 Å². The van der Waals surface area contributed by atoms with Crippen molar-refractivity contribution >= 4 is 23.4 Å². The Bertz CT molecular complexity index is 788. The van der Waals surface area contributed by atoms with E-state index in [9.17, 15) is 9.59 Å². The quantitative estimate of drug-likeness (QED) is 0.625. The standard InChI is InChI=1S/C20H23ClN2O5/c1-13(28-16-6-4-15(21)5-7-16)19(24)22-8-9-23-20(25)14-10-17(26-2)12-18(11-14)27-3/h4-7,10-13H,8-9H2,1-3H3,(H,22,24)(H,23,25). The highest BCUT2D eigenvalue weighted by atomic mass is 35.5. The number of ether oxygens (including phenoxy) is 3. The summed E-state index contributed by atoms with van der Waals surface area (Å²) in [5.41, 5.74) is 0.405. The topological polar surface area (TPSA) is 85.9 Å². The minimum absolute atomic E-state index is 0.262. The van der Waals surface area contributed by atoms with E-state index in [1.54, 1.807) is 49.4 Å². The Morgan fingerprint density at radius 1 is 0.929 bits per heavy atom. The Kier molecular flexibility index (Phi) is 7.95. The first-order chi connectivity index (χ1) is 13.4. The first-order valence-corrected chi connectivity index (χ1v) is 9.02. The second-order valence-corrected chi connectivity index (χ2v) is 6.30. The first-order valence-electron chi connectivity index (χ1n) is 8.64. The number of amides is 2. The van der Waals surface area contributed by atoms with Gasteiger partial charge in [-0.2, -0.15) is 0 Å². The van der Waals surface area contributed by atoms with Gasteiger partial charge in [0, 0.05) is 29.7 Å². The number of nitrogens with one attached hydrogen (secondary N) is 2. The van der Waals surface area contributed by atoms with E-state index in [0.29, 0.717) is 27.8 Å². The molecule has 0 bridgehead atoms. The number of carbonyl (C=O) groups is 2. The van der Waals surface area contributed by atoms with Crippen molar-refractivity contribution in [3.8, 4) is 17.2 Å². The molecule has 0 heterocycles. The minimum Gasteiger partial charge on any atom is -0.497 e. The third kappa shape index (κ3) is 6.35. The summed E-state index contributed by atoms with van der Waals surface area (Å²) in [5, 5.41) is 6.03. The lowest BCUT2D eigenvalue weighted by Crippen LogP contribution is -2.40. The number of rotatable bonds is 9. The summed E-state index contributed by atoms with van der Waals surface area (Å²) in [6.07, 6.45) is -0.681. The maximum atomic E-state index is 12.3. The molecule has 1 unspecified atom stereocenters. The molecule has 0 fully saturated rings. The van der Waals surface area contributed by atoms with Crippen molar-refractivity contribution in [1.82, 2.24) is 10.6 Å². The number of carbonyl (C=O) groups excluding carboxylic acids is 2. The van der Waals surface area contributed by atoms with Gasteiger partial charge in [0.2, 0.25) is 0 Å². The minimum atomic E-state index is -0.681. The van der Waals surface area contributed by atoms with E-state index >= 15 is 0 Å². The summed E-state index contributed by atoms with van der Waals surface area (Å²) in [6, 6.07) is 11.6. The maximum Gasteiger partial charge on any atom is 0.260 e. The van der Waals surface area contributed by atoms with E-state index < -0.39 is 6.10 Å². The highest BCUT2D eigenvalue weighted by Gasteiger charge is 2.14. The Morgan fingerprint density at radius 3 is 2.07 bits per heavy atom. The molecule has 0 aromatic heterocycles. The summed E-state index contributed by atoms with van der Waals surface area (Å²) < 4.78 is 15.8. The van der Waals surface area contributed by atoms with Crippen LogP contribution in [0.25, 0.3) is 0 Å². The second kappa shape index (κ2) is 10.4. The van der Waals surface area contributed by atoms with Gasteiger partial charge in [-0.05, 0) is 43.3 Å². The zero-order chi connectivity index (χ0) is 20.5. The van der Waals surface area contributed by atoms with Gasteiger partial charge in [0.1, 0.15) is 17.2 Å². The lowest BCUT2D eigenvalue weighted by molar-refractivity contribution is -0.127. The lowest BCUT2D eigenvalue weighted by Gasteiger charge is -2.15. The first kappa shape index (κ1) is 21.4. The Labute approximate surface area is 168 Å². The maximum absolute atomic E-state index is 12.3. The van der Waals surface area contributed by atoms with Gasteiger partial charge >= 0.3 is 0 Å². The van der Waals surface area contributed by atoms with Crippen LogP contribution in [-0.4, -0.2) is 45.2 Å². The molecule has 2 amide bonds. The molecule has 0 saturated heterocycles. The van der Waals surface area contributed by atoms with Crippen molar-refractivity contribution in [2.75, 3.05) is 27.3 Å². The third-order valence-corrected chi connectivity index (χ3v) is 4.07. The summed E-state index contributed by atoms with van der Waals surface area (Å²) >= 11 is 5.82. The molecule has 2 rings (SSSR count). The number of hydrogen-bond donors (Lipinski definition) is 2. The van der Waals surface area contributed by atoms with Gasteiger partial charge in [-0.25, -0.2) is 0 Å². The van der Waals surface area contributed by atoms with Crippen LogP contribution >= 0.6 is 11.6 Å². The van der Waals surface area contributed by atoms with Crippen molar-refractivity contribution in [2.24, 2.45) is 0 Å². The zero-order valence-electron chi connectivity index (χ0n) is 16.0. The van der Waals surface area contributed by atoms with Crippen LogP contribution in [0.1, 0.15) is 17.3 Å². The van der Waals surface area contributed by atoms with E-state index in [1.807, 2.05) is 0 Å². The molecule has 0 spiro atoms. The highest BCUT2D eigenvalue weighted by molar-refractivity contribution is 6.30. The van der Waals surface area contributed by atoms with Crippen LogP contribution in [0, 0.1) is 0 Å². The van der Waals surface area contributed by atoms with Crippen LogP contribution in [0.2, 0.25) is 5.02 Å². The van der Waals surface area contributed by atoms with Crippen LogP contribution < -0.4 is 24.8 Å². The predicted molar refractivity (Wildman–Crippen MR) is 106 cm³/mol. The number of halogens is 1. The van der Waals surface area contributed by atoms with Gasteiger partial charge in [0.05, 0.1) is 14.2 Å². The molecule has 2 aromatic rings. The summed E-state index contributed by atoms with van der Waals surface area (Å²) in [5.74, 6) is 1.01. The van der Waals surface area contributed by atoms with Crippen molar-refractivity contribution in [3.05, 3.63) is 53.1 Å². The molecule has 0 aliphatic carbocycles. The fourth-order valence-corrected chi connectivity index (χ4v) is 2.44. The molecule has 0 saturated carbocycles. The predicted octanol–water partition coefficient (Wildman–Crippen LogP) is 2.67. The Balaban J connectivity index is 1.77. The number of benzene rings is 2. The van der Waals surface area contributed by atoms with E-state index in [4.69, 9.17) is 25.8 Å². The molecule has 0 radical (unpaired) electrons. The fraction of sp³-hybridized carbons (Fsp3) is 0.300. The number of hydrogen-bond acceptors (Lipinski definition) is 5. The van der Waals surface area contributed by atoms with Crippen molar-refractivity contribution in [1.29, 1.82) is 0 Å². The van der Waals surface area contributed by atoms with E-state index in [1.165, 1.54) is 14.2 Å². The van der Waals surface area contributed by atoms with Gasteiger partial charge in [0.15, 0.2) is 6.10 Å². The second-order valence-electron chi connectivity index (χ2n) is 5.86. The highest BCUT2D eigenvalue weighted by Crippen LogP contribution is 2.22. The molecule has 1 atom stereocenters. The molecular formula is C20H23ClN2O5. The molecule has 0 aliphatic rings. The average Bonchev–Trinajstić information content (AvgIpc) is 2.71.